The predicted molar refractivity (Wildman–Crippen MR) is 83.4 cm³/mol. The van der Waals surface area contributed by atoms with Gasteiger partial charge in [-0.15, -0.1) is 0 Å². The van der Waals surface area contributed by atoms with Crippen LogP contribution in [-0.4, -0.2) is 44.9 Å². The van der Waals surface area contributed by atoms with Gasteiger partial charge >= 0.3 is 0 Å². The van der Waals surface area contributed by atoms with E-state index in [1.165, 1.54) is 6.26 Å². The summed E-state index contributed by atoms with van der Waals surface area (Å²) in [6, 6.07) is 6.19. The third-order valence-electron chi connectivity index (χ3n) is 4.37. The Kier molecular flexibility index (Phi) is 4.29. The zero-order valence-corrected chi connectivity index (χ0v) is 13.7. The molecule has 2 aliphatic rings. The van der Waals surface area contributed by atoms with E-state index < -0.39 is 10.0 Å². The lowest BCUT2D eigenvalue weighted by Crippen LogP contribution is -2.49. The lowest BCUT2D eigenvalue weighted by atomic mass is 9.95. The van der Waals surface area contributed by atoms with Gasteiger partial charge in [-0.05, 0) is 18.4 Å². The first-order valence-corrected chi connectivity index (χ1v) is 9.36. The Morgan fingerprint density at radius 1 is 1.36 bits per heavy atom. The van der Waals surface area contributed by atoms with Gasteiger partial charge in [-0.1, -0.05) is 19.1 Å². The fourth-order valence-electron chi connectivity index (χ4n) is 3.08. The largest absolute Gasteiger partial charge is 0.454 e. The average molecular weight is 326 g/mol. The van der Waals surface area contributed by atoms with Crippen molar-refractivity contribution in [2.24, 2.45) is 5.92 Å². The van der Waals surface area contributed by atoms with Crippen molar-refractivity contribution < 1.29 is 17.9 Å². The number of rotatable bonds is 4. The van der Waals surface area contributed by atoms with Crippen molar-refractivity contribution in [1.29, 1.82) is 0 Å². The molecule has 0 radical (unpaired) electrons. The van der Waals surface area contributed by atoms with Crippen LogP contribution < -0.4 is 14.8 Å². The standard InChI is InChI=1S/C15H22N2O4S/c1-11-9-17(22(2,18)19)7-6-13(11)16-8-12-4-3-5-14-15(12)21-10-20-14/h3-5,11,13,16H,6-10H2,1-2H3/t11-,13-/m1/s1. The van der Waals surface area contributed by atoms with Crippen LogP contribution in [0, 0.1) is 5.92 Å². The molecule has 22 heavy (non-hydrogen) atoms. The number of sulfonamides is 1. The Bertz CT molecular complexity index is 647. The highest BCUT2D eigenvalue weighted by Gasteiger charge is 2.30. The zero-order valence-electron chi connectivity index (χ0n) is 12.9. The van der Waals surface area contributed by atoms with Crippen LogP contribution in [0.15, 0.2) is 18.2 Å². The molecule has 0 bridgehead atoms. The topological polar surface area (TPSA) is 67.9 Å². The van der Waals surface area contributed by atoms with Gasteiger partial charge in [0.1, 0.15) is 0 Å². The molecule has 7 heteroatoms. The second-order valence-electron chi connectivity index (χ2n) is 6.03. The first kappa shape index (κ1) is 15.6. The molecule has 1 fully saturated rings. The minimum Gasteiger partial charge on any atom is -0.454 e. The summed E-state index contributed by atoms with van der Waals surface area (Å²) in [7, 11) is -3.09. The molecule has 0 unspecified atom stereocenters. The van der Waals surface area contributed by atoms with E-state index in [9.17, 15) is 8.42 Å². The molecule has 0 aliphatic carbocycles. The second kappa shape index (κ2) is 6.06. The van der Waals surface area contributed by atoms with Gasteiger partial charge in [-0.3, -0.25) is 0 Å². The number of para-hydroxylation sites is 1. The number of piperidine rings is 1. The molecule has 0 amide bonds. The SMILES string of the molecule is C[C@@H]1CN(S(C)(=O)=O)CC[C@H]1NCc1cccc2c1OCO2. The fraction of sp³-hybridized carbons (Fsp3) is 0.600. The molecule has 1 saturated heterocycles. The fourth-order valence-corrected chi connectivity index (χ4v) is 4.03. The van der Waals surface area contributed by atoms with Gasteiger partial charge < -0.3 is 14.8 Å². The quantitative estimate of drug-likeness (QED) is 0.900. The van der Waals surface area contributed by atoms with E-state index in [-0.39, 0.29) is 12.7 Å². The van der Waals surface area contributed by atoms with Crippen LogP contribution in [0.25, 0.3) is 0 Å². The van der Waals surface area contributed by atoms with Crippen molar-refractivity contribution in [2.75, 3.05) is 26.1 Å². The van der Waals surface area contributed by atoms with Crippen LogP contribution in [0.2, 0.25) is 0 Å². The van der Waals surface area contributed by atoms with Crippen LogP contribution in [0.1, 0.15) is 18.9 Å². The highest BCUT2D eigenvalue weighted by Crippen LogP contribution is 2.35. The maximum Gasteiger partial charge on any atom is 0.231 e. The normalized spacial score (nSPS) is 25.4. The summed E-state index contributed by atoms with van der Waals surface area (Å²) in [6.45, 7) is 4.20. The van der Waals surface area contributed by atoms with E-state index in [0.717, 1.165) is 23.5 Å². The number of nitrogens with one attached hydrogen (secondary N) is 1. The summed E-state index contributed by atoms with van der Waals surface area (Å²) in [5.41, 5.74) is 1.08. The summed E-state index contributed by atoms with van der Waals surface area (Å²) < 4.78 is 35.7. The van der Waals surface area contributed by atoms with E-state index in [1.54, 1.807) is 4.31 Å². The number of hydrogen-bond donors (Lipinski definition) is 1. The zero-order chi connectivity index (χ0) is 15.7. The number of fused-ring (bicyclic) bond motifs is 1. The first-order chi connectivity index (χ1) is 10.4. The van der Waals surface area contributed by atoms with Gasteiger partial charge in [0, 0.05) is 31.2 Å². The molecule has 2 heterocycles. The van der Waals surface area contributed by atoms with E-state index >= 15 is 0 Å². The van der Waals surface area contributed by atoms with Gasteiger partial charge in [0.05, 0.1) is 6.26 Å². The molecule has 1 aromatic rings. The molecule has 0 saturated carbocycles. The molecule has 3 rings (SSSR count). The lowest BCUT2D eigenvalue weighted by molar-refractivity contribution is 0.172. The van der Waals surface area contributed by atoms with E-state index in [2.05, 4.69) is 12.2 Å². The molecule has 2 aliphatic heterocycles. The molecule has 2 atom stereocenters. The summed E-state index contributed by atoms with van der Waals surface area (Å²) in [5.74, 6) is 1.88. The molecule has 0 aromatic heterocycles. The summed E-state index contributed by atoms with van der Waals surface area (Å²) >= 11 is 0. The smallest absolute Gasteiger partial charge is 0.231 e. The van der Waals surface area contributed by atoms with Crippen molar-refractivity contribution in [1.82, 2.24) is 9.62 Å². The Labute approximate surface area is 131 Å². The van der Waals surface area contributed by atoms with Crippen molar-refractivity contribution in [3.63, 3.8) is 0 Å². The lowest BCUT2D eigenvalue weighted by Gasteiger charge is -2.36. The number of benzene rings is 1. The summed E-state index contributed by atoms with van der Waals surface area (Å²) in [5, 5.41) is 3.53. The molecule has 1 aromatic carbocycles. The van der Waals surface area contributed by atoms with E-state index in [0.29, 0.717) is 25.7 Å². The first-order valence-electron chi connectivity index (χ1n) is 7.51. The van der Waals surface area contributed by atoms with Crippen LogP contribution >= 0.6 is 0 Å². The Morgan fingerprint density at radius 2 is 2.18 bits per heavy atom. The molecular formula is C15H22N2O4S. The molecule has 122 valence electrons. The van der Waals surface area contributed by atoms with E-state index in [4.69, 9.17) is 9.47 Å². The highest BCUT2D eigenvalue weighted by atomic mass is 32.2. The second-order valence-corrected chi connectivity index (χ2v) is 8.01. The summed E-state index contributed by atoms with van der Waals surface area (Å²) in [6.07, 6.45) is 2.10. The molecular weight excluding hydrogens is 304 g/mol. The molecule has 0 spiro atoms. The average Bonchev–Trinajstić information content (AvgIpc) is 2.94. The number of hydrogen-bond acceptors (Lipinski definition) is 5. The Morgan fingerprint density at radius 3 is 2.91 bits per heavy atom. The van der Waals surface area contributed by atoms with Crippen LogP contribution in [0.3, 0.4) is 0 Å². The van der Waals surface area contributed by atoms with Crippen molar-refractivity contribution in [3.05, 3.63) is 23.8 Å². The van der Waals surface area contributed by atoms with E-state index in [1.807, 2.05) is 18.2 Å². The van der Waals surface area contributed by atoms with Crippen molar-refractivity contribution in [2.45, 2.75) is 25.9 Å². The van der Waals surface area contributed by atoms with Crippen LogP contribution in [-0.2, 0) is 16.6 Å². The Hall–Kier alpha value is -1.31. The highest BCUT2D eigenvalue weighted by molar-refractivity contribution is 7.88. The maximum atomic E-state index is 11.6. The Balaban J connectivity index is 1.60. The van der Waals surface area contributed by atoms with Crippen molar-refractivity contribution in [3.8, 4) is 11.5 Å². The molecule has 1 N–H and O–H groups in total. The van der Waals surface area contributed by atoms with Gasteiger partial charge in [-0.25, -0.2) is 12.7 Å². The predicted octanol–water partition coefficient (Wildman–Crippen LogP) is 1.17. The minimum atomic E-state index is -3.09. The monoisotopic (exact) mass is 326 g/mol. The van der Waals surface area contributed by atoms with Gasteiger partial charge in [0.2, 0.25) is 16.8 Å². The third-order valence-corrected chi connectivity index (χ3v) is 5.64. The minimum absolute atomic E-state index is 0.273. The number of ether oxygens (including phenoxy) is 2. The maximum absolute atomic E-state index is 11.6. The van der Waals surface area contributed by atoms with Gasteiger partial charge in [0.15, 0.2) is 11.5 Å². The van der Waals surface area contributed by atoms with Crippen LogP contribution in [0.4, 0.5) is 0 Å². The van der Waals surface area contributed by atoms with Gasteiger partial charge in [0.25, 0.3) is 0 Å². The molecule has 6 nitrogen and oxygen atoms in total. The van der Waals surface area contributed by atoms with Gasteiger partial charge in [-0.2, -0.15) is 0 Å². The summed E-state index contributed by atoms with van der Waals surface area (Å²) in [4.78, 5) is 0. The third kappa shape index (κ3) is 3.21. The van der Waals surface area contributed by atoms with Crippen molar-refractivity contribution >= 4 is 10.0 Å². The number of nitrogens with zero attached hydrogens (tertiary/aromatic N) is 1. The van der Waals surface area contributed by atoms with Crippen LogP contribution in [0.5, 0.6) is 11.5 Å².